The minimum absolute atomic E-state index is 0.00220. The first-order valence-corrected chi connectivity index (χ1v) is 21.4. The summed E-state index contributed by atoms with van der Waals surface area (Å²) in [6.45, 7) is 12.2. The number of ether oxygens (including phenoxy) is 2. The van der Waals surface area contributed by atoms with Crippen LogP contribution < -0.4 is 16.5 Å². The number of hydrazine groups is 1. The predicted octanol–water partition coefficient (Wildman–Crippen LogP) is 5.04. The second kappa shape index (κ2) is 17.2. The van der Waals surface area contributed by atoms with Gasteiger partial charge in [0.1, 0.15) is 23.9 Å². The lowest BCUT2D eigenvalue weighted by Crippen LogP contribution is -2.62. The molecule has 1 saturated heterocycles. The Hall–Kier alpha value is -5.31. The highest BCUT2D eigenvalue weighted by atomic mass is 16.5. The monoisotopic (exact) mass is 835 g/mol. The van der Waals surface area contributed by atoms with Crippen LogP contribution in [0, 0.1) is 23.2 Å². The third-order valence-electron chi connectivity index (χ3n) is 12.9. The lowest BCUT2D eigenvalue weighted by molar-refractivity contribution is -0.155. The molecule has 14 heteroatoms. The van der Waals surface area contributed by atoms with Crippen molar-refractivity contribution in [3.63, 3.8) is 0 Å². The van der Waals surface area contributed by atoms with Crippen molar-refractivity contribution in [3.8, 4) is 28.1 Å². The van der Waals surface area contributed by atoms with Crippen LogP contribution in [-0.2, 0) is 48.5 Å². The fraction of sp³-hybridized carbons (Fsp3) is 0.511. The van der Waals surface area contributed by atoms with Crippen LogP contribution in [0.2, 0.25) is 0 Å². The molecule has 3 amide bonds. The number of carbonyl (C=O) groups excluding carboxylic acids is 4. The van der Waals surface area contributed by atoms with E-state index in [0.717, 1.165) is 44.5 Å². The summed E-state index contributed by atoms with van der Waals surface area (Å²) in [6.07, 6.45) is 3.04. The van der Waals surface area contributed by atoms with E-state index < -0.39 is 41.3 Å². The number of rotatable bonds is 8. The summed E-state index contributed by atoms with van der Waals surface area (Å²) in [7, 11) is 5.31. The Kier molecular flexibility index (Phi) is 12.4. The van der Waals surface area contributed by atoms with Gasteiger partial charge in [-0.25, -0.2) is 5.43 Å². The van der Waals surface area contributed by atoms with Crippen molar-refractivity contribution in [2.45, 2.75) is 97.5 Å². The first kappa shape index (κ1) is 43.8. The molecular formula is C47H61N7O7. The minimum Gasteiger partial charge on any atom is -0.508 e. The highest BCUT2D eigenvalue weighted by molar-refractivity contribution is 5.96. The van der Waals surface area contributed by atoms with E-state index in [-0.39, 0.29) is 54.6 Å². The van der Waals surface area contributed by atoms with E-state index in [1.165, 1.54) is 9.91 Å². The fourth-order valence-corrected chi connectivity index (χ4v) is 9.31. The van der Waals surface area contributed by atoms with Gasteiger partial charge in [0.15, 0.2) is 0 Å². The molecule has 0 spiro atoms. The van der Waals surface area contributed by atoms with Crippen LogP contribution in [0.25, 0.3) is 33.3 Å². The number of aromatic hydroxyl groups is 1. The Morgan fingerprint density at radius 2 is 1.85 bits per heavy atom. The zero-order valence-corrected chi connectivity index (χ0v) is 36.8. The van der Waals surface area contributed by atoms with Crippen molar-refractivity contribution < 1.29 is 33.8 Å². The van der Waals surface area contributed by atoms with Crippen molar-refractivity contribution in [2.75, 3.05) is 27.3 Å². The molecule has 2 fully saturated rings. The number of aromatic nitrogens is 2. The summed E-state index contributed by atoms with van der Waals surface area (Å²) >= 11 is 0. The number of nitrogens with zero attached hydrogens (tertiary/aromatic N) is 4. The van der Waals surface area contributed by atoms with Crippen molar-refractivity contribution >= 4 is 34.6 Å². The molecule has 4 aromatic rings. The van der Waals surface area contributed by atoms with Gasteiger partial charge >= 0.3 is 5.97 Å². The minimum atomic E-state index is -1.12. The number of likely N-dealkylation sites (N-methyl/N-ethyl adjacent to an activating group) is 1. The SMILES string of the molecule is CO[C@@H](C)c1ncccc1-c1c2c3cc(ccc3n1C)-c1cc(O)cc(c1)C[C@H](NC(=O)[C@H](C(C)C)N(C)C(=O)[C@H]1[C@@H](C)[C@H]1N)C(=O)N1CCC[C@H](N1)C(=O)OCC(C)(C)C2. The largest absolute Gasteiger partial charge is 0.508 e. The Morgan fingerprint density at radius 1 is 1.11 bits per heavy atom. The van der Waals surface area contributed by atoms with Gasteiger partial charge in [0, 0.05) is 68.3 Å². The number of methoxy groups -OCH3 is 1. The average Bonchev–Trinajstić information content (AvgIpc) is 3.74. The lowest BCUT2D eigenvalue weighted by atomic mass is 9.84. The van der Waals surface area contributed by atoms with Crippen molar-refractivity contribution in [2.24, 2.45) is 36.0 Å². The second-order valence-corrected chi connectivity index (χ2v) is 18.4. The highest BCUT2D eigenvalue weighted by Gasteiger charge is 2.52. The van der Waals surface area contributed by atoms with Crippen LogP contribution in [-0.4, -0.2) is 99.7 Å². The van der Waals surface area contributed by atoms with E-state index in [1.54, 1.807) is 32.5 Å². The van der Waals surface area contributed by atoms with Gasteiger partial charge in [0.25, 0.3) is 5.91 Å². The molecule has 2 aliphatic heterocycles. The van der Waals surface area contributed by atoms with Gasteiger partial charge in [-0.1, -0.05) is 46.8 Å². The van der Waals surface area contributed by atoms with E-state index in [9.17, 15) is 24.3 Å². The lowest BCUT2D eigenvalue weighted by Gasteiger charge is -2.37. The number of amides is 3. The molecule has 4 heterocycles. The topological polar surface area (TPSA) is 181 Å². The first-order valence-electron chi connectivity index (χ1n) is 21.4. The molecule has 7 atom stereocenters. The quantitative estimate of drug-likeness (QED) is 0.176. The maximum absolute atomic E-state index is 14.6. The van der Waals surface area contributed by atoms with E-state index >= 15 is 0 Å². The van der Waals surface area contributed by atoms with Gasteiger partial charge in [-0.2, -0.15) is 0 Å². The van der Waals surface area contributed by atoms with Gasteiger partial charge in [-0.3, -0.25) is 29.2 Å². The van der Waals surface area contributed by atoms with Crippen molar-refractivity contribution in [1.29, 1.82) is 0 Å². The Labute approximate surface area is 358 Å². The van der Waals surface area contributed by atoms with Crippen LogP contribution >= 0.6 is 0 Å². The Bertz CT molecular complexity index is 2330. The molecule has 61 heavy (non-hydrogen) atoms. The average molecular weight is 836 g/mol. The standard InChI is InChI=1S/C47H61N7O7/c1-25(2)41(53(8)45(58)38-26(3)39(38)48)43(56)50-36-20-28-18-30(21-31(55)19-28)29-14-15-37-33(22-29)34(42(52(37)7)32-12-10-16-49-40(32)27(4)60-9)23-47(5,6)24-61-46(59)35-13-11-17-54(51-35)44(36)57/h10,12,14-16,18-19,21-22,25-27,35-36,38-39,41,51,55H,11,13,17,20,23-24,48H2,1-9H3,(H,50,56)/t26-,27+,35+,36+,38+,39-,41+/m1/s1. The van der Waals surface area contributed by atoms with Crippen LogP contribution in [0.4, 0.5) is 0 Å². The molecular weight excluding hydrogens is 775 g/mol. The molecule has 3 aliphatic rings. The van der Waals surface area contributed by atoms with Crippen LogP contribution in [0.15, 0.2) is 54.7 Å². The molecule has 14 nitrogen and oxygen atoms in total. The zero-order chi connectivity index (χ0) is 44.1. The summed E-state index contributed by atoms with van der Waals surface area (Å²) in [5.41, 5.74) is 15.7. The summed E-state index contributed by atoms with van der Waals surface area (Å²) in [5, 5.41) is 16.6. The third kappa shape index (κ3) is 8.76. The van der Waals surface area contributed by atoms with E-state index in [4.69, 9.17) is 20.2 Å². The molecule has 0 unspecified atom stereocenters. The maximum atomic E-state index is 14.6. The van der Waals surface area contributed by atoms with Gasteiger partial charge in [-0.05, 0) is 96.7 Å². The number of fused-ring (bicyclic) bond motifs is 6. The Morgan fingerprint density at radius 3 is 2.54 bits per heavy atom. The van der Waals surface area contributed by atoms with Crippen LogP contribution in [0.5, 0.6) is 5.75 Å². The molecule has 7 rings (SSSR count). The number of pyridine rings is 1. The number of carbonyl (C=O) groups is 4. The van der Waals surface area contributed by atoms with Gasteiger partial charge in [-0.15, -0.1) is 0 Å². The number of nitrogens with one attached hydrogen (secondary N) is 2. The summed E-state index contributed by atoms with van der Waals surface area (Å²) < 4.78 is 14.0. The summed E-state index contributed by atoms with van der Waals surface area (Å²) in [4.78, 5) is 62.4. The molecule has 6 bridgehead atoms. The number of benzene rings is 2. The van der Waals surface area contributed by atoms with Gasteiger partial charge < -0.3 is 35.1 Å². The molecule has 2 aromatic carbocycles. The molecule has 326 valence electrons. The smallest absolute Gasteiger partial charge is 0.324 e. The number of phenols is 1. The molecule has 5 N–H and O–H groups in total. The highest BCUT2D eigenvalue weighted by Crippen LogP contribution is 2.42. The number of cyclic esters (lactones) is 1. The van der Waals surface area contributed by atoms with Gasteiger partial charge in [0.05, 0.1) is 30.0 Å². The predicted molar refractivity (Wildman–Crippen MR) is 233 cm³/mol. The number of phenolic OH excluding ortho intramolecular Hbond substituents is 1. The van der Waals surface area contributed by atoms with Crippen molar-refractivity contribution in [1.82, 2.24) is 30.2 Å². The summed E-state index contributed by atoms with van der Waals surface area (Å²) in [6, 6.07) is 12.3. The molecule has 1 saturated carbocycles. The first-order chi connectivity index (χ1) is 28.9. The van der Waals surface area contributed by atoms with E-state index in [0.29, 0.717) is 31.4 Å². The number of hydrogen-bond acceptors (Lipinski definition) is 10. The fourth-order valence-electron chi connectivity index (χ4n) is 9.31. The zero-order valence-electron chi connectivity index (χ0n) is 36.8. The molecule has 2 aromatic heterocycles. The van der Waals surface area contributed by atoms with E-state index in [1.807, 2.05) is 52.9 Å². The van der Waals surface area contributed by atoms with E-state index in [2.05, 4.69) is 47.4 Å². The summed E-state index contributed by atoms with van der Waals surface area (Å²) in [5.74, 6) is -2.26. The molecule has 0 radical (unpaired) electrons. The number of aryl methyl sites for hydroxylation is 1. The van der Waals surface area contributed by atoms with Crippen LogP contribution in [0.3, 0.4) is 0 Å². The van der Waals surface area contributed by atoms with Crippen molar-refractivity contribution in [3.05, 3.63) is 71.5 Å². The van der Waals surface area contributed by atoms with Crippen LogP contribution in [0.1, 0.15) is 77.3 Å². The molecule has 1 aliphatic carbocycles. The normalized spacial score (nSPS) is 23.9. The second-order valence-electron chi connectivity index (χ2n) is 18.4. The number of nitrogens with two attached hydrogens (primary N) is 1. The Balaban J connectivity index is 1.33. The maximum Gasteiger partial charge on any atom is 0.324 e. The van der Waals surface area contributed by atoms with Gasteiger partial charge in [0.2, 0.25) is 11.8 Å². The number of esters is 1. The number of hydrogen-bond donors (Lipinski definition) is 4. The third-order valence-corrected chi connectivity index (χ3v) is 12.9.